The Balaban J connectivity index is 2.28. The van der Waals surface area contributed by atoms with Gasteiger partial charge < -0.3 is 5.32 Å². The number of hydrogen-bond acceptors (Lipinski definition) is 2. The first-order chi connectivity index (χ1) is 9.92. The molecule has 21 heavy (non-hydrogen) atoms. The molecular formula is C18H19FN2. The Labute approximate surface area is 125 Å². The zero-order valence-electron chi connectivity index (χ0n) is 12.8. The van der Waals surface area contributed by atoms with Crippen LogP contribution in [0.15, 0.2) is 30.3 Å². The molecule has 1 unspecified atom stereocenters. The van der Waals surface area contributed by atoms with Gasteiger partial charge in [-0.25, -0.2) is 4.39 Å². The van der Waals surface area contributed by atoms with Gasteiger partial charge in [0.15, 0.2) is 0 Å². The van der Waals surface area contributed by atoms with E-state index in [-0.39, 0.29) is 11.6 Å². The average molecular weight is 282 g/mol. The van der Waals surface area contributed by atoms with Crippen molar-refractivity contribution in [3.8, 4) is 6.07 Å². The standard InChI is InChI=1S/C18H19FN2/c1-11-7-13(3)17(8-12(11)2)14(4)21-16-5-6-18(19)15(9-16)10-20/h5-9,14,21H,1-4H3. The van der Waals surface area contributed by atoms with E-state index in [0.29, 0.717) is 0 Å². The van der Waals surface area contributed by atoms with Crippen LogP contribution in [0.4, 0.5) is 10.1 Å². The molecule has 108 valence electrons. The summed E-state index contributed by atoms with van der Waals surface area (Å²) in [5, 5.41) is 12.2. The molecule has 0 aromatic heterocycles. The summed E-state index contributed by atoms with van der Waals surface area (Å²) in [7, 11) is 0. The number of halogens is 1. The molecule has 0 aliphatic carbocycles. The molecule has 1 N–H and O–H groups in total. The predicted octanol–water partition coefficient (Wildman–Crippen LogP) is 4.80. The molecular weight excluding hydrogens is 263 g/mol. The van der Waals surface area contributed by atoms with Crippen molar-refractivity contribution in [2.24, 2.45) is 0 Å². The van der Waals surface area contributed by atoms with Crippen molar-refractivity contribution < 1.29 is 4.39 Å². The molecule has 0 aliphatic heterocycles. The monoisotopic (exact) mass is 282 g/mol. The van der Waals surface area contributed by atoms with Crippen LogP contribution in [0.25, 0.3) is 0 Å². The van der Waals surface area contributed by atoms with Crippen molar-refractivity contribution >= 4 is 5.69 Å². The van der Waals surface area contributed by atoms with Crippen molar-refractivity contribution in [3.63, 3.8) is 0 Å². The highest BCUT2D eigenvalue weighted by Crippen LogP contribution is 2.25. The van der Waals surface area contributed by atoms with E-state index in [9.17, 15) is 4.39 Å². The van der Waals surface area contributed by atoms with Crippen LogP contribution in [0, 0.1) is 37.9 Å². The van der Waals surface area contributed by atoms with E-state index in [2.05, 4.69) is 45.1 Å². The van der Waals surface area contributed by atoms with Crippen LogP contribution in [-0.4, -0.2) is 0 Å². The minimum atomic E-state index is -0.488. The van der Waals surface area contributed by atoms with Gasteiger partial charge in [0.05, 0.1) is 5.56 Å². The molecule has 3 heteroatoms. The van der Waals surface area contributed by atoms with Crippen molar-refractivity contribution in [1.29, 1.82) is 5.26 Å². The summed E-state index contributed by atoms with van der Waals surface area (Å²) in [5.74, 6) is -0.488. The number of hydrogen-bond donors (Lipinski definition) is 1. The van der Waals surface area contributed by atoms with Gasteiger partial charge in [-0.15, -0.1) is 0 Å². The van der Waals surface area contributed by atoms with E-state index in [1.165, 1.54) is 28.3 Å². The van der Waals surface area contributed by atoms with Crippen molar-refractivity contribution in [3.05, 3.63) is 64.0 Å². The van der Waals surface area contributed by atoms with Crippen LogP contribution in [0.3, 0.4) is 0 Å². The predicted molar refractivity (Wildman–Crippen MR) is 83.8 cm³/mol. The van der Waals surface area contributed by atoms with Gasteiger partial charge in [-0.1, -0.05) is 12.1 Å². The smallest absolute Gasteiger partial charge is 0.141 e. The van der Waals surface area contributed by atoms with E-state index in [0.717, 1.165) is 5.69 Å². The quantitative estimate of drug-likeness (QED) is 0.878. The minimum Gasteiger partial charge on any atom is -0.378 e. The fraction of sp³-hybridized carbons (Fsp3) is 0.278. The first kappa shape index (κ1) is 15.1. The summed E-state index contributed by atoms with van der Waals surface area (Å²) in [6, 6.07) is 10.8. The molecule has 0 bridgehead atoms. The summed E-state index contributed by atoms with van der Waals surface area (Å²) in [5.41, 5.74) is 5.77. The number of anilines is 1. The second-order valence-electron chi connectivity index (χ2n) is 5.47. The summed E-state index contributed by atoms with van der Waals surface area (Å²) < 4.78 is 13.3. The Bertz CT molecular complexity index is 714. The molecule has 2 aromatic carbocycles. The Morgan fingerprint density at radius 2 is 1.71 bits per heavy atom. The molecule has 0 fully saturated rings. The molecule has 1 atom stereocenters. The van der Waals surface area contributed by atoms with E-state index >= 15 is 0 Å². The molecule has 2 nitrogen and oxygen atoms in total. The SMILES string of the molecule is Cc1cc(C)c(C(C)Nc2ccc(F)c(C#N)c2)cc1C. The normalized spacial score (nSPS) is 11.8. The second-order valence-corrected chi connectivity index (χ2v) is 5.47. The third-order valence-electron chi connectivity index (χ3n) is 3.82. The van der Waals surface area contributed by atoms with E-state index in [4.69, 9.17) is 5.26 Å². The largest absolute Gasteiger partial charge is 0.378 e. The summed E-state index contributed by atoms with van der Waals surface area (Å²) >= 11 is 0. The number of nitrogens with zero attached hydrogens (tertiary/aromatic N) is 1. The third-order valence-corrected chi connectivity index (χ3v) is 3.82. The lowest BCUT2D eigenvalue weighted by Crippen LogP contribution is -2.09. The molecule has 2 aromatic rings. The molecule has 0 spiro atoms. The summed E-state index contributed by atoms with van der Waals surface area (Å²) in [6.07, 6.45) is 0. The maximum Gasteiger partial charge on any atom is 0.141 e. The number of nitrogens with one attached hydrogen (secondary N) is 1. The van der Waals surface area contributed by atoms with Gasteiger partial charge in [-0.3, -0.25) is 0 Å². The van der Waals surface area contributed by atoms with Crippen molar-refractivity contribution in [1.82, 2.24) is 0 Å². The maximum absolute atomic E-state index is 13.3. The second kappa shape index (κ2) is 5.97. The fourth-order valence-electron chi connectivity index (χ4n) is 2.48. The van der Waals surface area contributed by atoms with Gasteiger partial charge in [0.2, 0.25) is 0 Å². The lowest BCUT2D eigenvalue weighted by atomic mass is 9.96. The zero-order valence-corrected chi connectivity index (χ0v) is 12.8. The fourth-order valence-corrected chi connectivity index (χ4v) is 2.48. The first-order valence-electron chi connectivity index (χ1n) is 6.96. The van der Waals surface area contributed by atoms with Gasteiger partial charge in [0.1, 0.15) is 11.9 Å². The van der Waals surface area contributed by atoms with Crippen LogP contribution >= 0.6 is 0 Å². The van der Waals surface area contributed by atoms with E-state index < -0.39 is 5.82 Å². The summed E-state index contributed by atoms with van der Waals surface area (Å²) in [6.45, 7) is 8.35. The van der Waals surface area contributed by atoms with Gasteiger partial charge in [-0.05, 0) is 68.1 Å². The summed E-state index contributed by atoms with van der Waals surface area (Å²) in [4.78, 5) is 0. The van der Waals surface area contributed by atoms with Crippen LogP contribution in [-0.2, 0) is 0 Å². The van der Waals surface area contributed by atoms with Gasteiger partial charge >= 0.3 is 0 Å². The minimum absolute atomic E-state index is 0.0593. The average Bonchev–Trinajstić information content (AvgIpc) is 2.44. The van der Waals surface area contributed by atoms with Crippen molar-refractivity contribution in [2.45, 2.75) is 33.7 Å². The lowest BCUT2D eigenvalue weighted by molar-refractivity contribution is 0.624. The molecule has 0 aliphatic rings. The topological polar surface area (TPSA) is 35.8 Å². The Morgan fingerprint density at radius 1 is 1.05 bits per heavy atom. The number of rotatable bonds is 3. The Morgan fingerprint density at radius 3 is 2.38 bits per heavy atom. The Hall–Kier alpha value is -2.34. The molecule has 2 rings (SSSR count). The highest BCUT2D eigenvalue weighted by Gasteiger charge is 2.11. The molecule has 0 radical (unpaired) electrons. The molecule has 0 heterocycles. The number of aryl methyl sites for hydroxylation is 3. The first-order valence-corrected chi connectivity index (χ1v) is 6.96. The van der Waals surface area contributed by atoms with Crippen molar-refractivity contribution in [2.75, 3.05) is 5.32 Å². The maximum atomic E-state index is 13.3. The number of nitriles is 1. The Kier molecular flexibility index (Phi) is 4.28. The van der Waals surface area contributed by atoms with Crippen LogP contribution in [0.2, 0.25) is 0 Å². The molecule has 0 saturated carbocycles. The third kappa shape index (κ3) is 3.22. The number of benzene rings is 2. The molecule has 0 saturated heterocycles. The van der Waals surface area contributed by atoms with Gasteiger partial charge in [0.25, 0.3) is 0 Å². The van der Waals surface area contributed by atoms with Gasteiger partial charge in [0, 0.05) is 11.7 Å². The molecule has 0 amide bonds. The highest BCUT2D eigenvalue weighted by molar-refractivity contribution is 5.52. The lowest BCUT2D eigenvalue weighted by Gasteiger charge is -2.19. The van der Waals surface area contributed by atoms with Crippen LogP contribution < -0.4 is 5.32 Å². The van der Waals surface area contributed by atoms with Crippen LogP contribution in [0.1, 0.15) is 40.8 Å². The van der Waals surface area contributed by atoms with E-state index in [1.807, 2.05) is 6.07 Å². The highest BCUT2D eigenvalue weighted by atomic mass is 19.1. The van der Waals surface area contributed by atoms with E-state index in [1.54, 1.807) is 12.1 Å². The zero-order chi connectivity index (χ0) is 15.6. The van der Waals surface area contributed by atoms with Crippen LogP contribution in [0.5, 0.6) is 0 Å². The van der Waals surface area contributed by atoms with Gasteiger partial charge in [-0.2, -0.15) is 5.26 Å².